The van der Waals surface area contributed by atoms with Crippen molar-refractivity contribution in [2.45, 2.75) is 11.8 Å². The van der Waals surface area contributed by atoms with E-state index >= 15 is 0 Å². The fraction of sp³-hybridized carbons (Fsp3) is 0.0435. The summed E-state index contributed by atoms with van der Waals surface area (Å²) < 4.78 is 12.3. The maximum atomic E-state index is 12.3. The number of nitrogens with one attached hydrogen (secondary N) is 2. The van der Waals surface area contributed by atoms with Crippen molar-refractivity contribution in [3.8, 4) is 0 Å². The lowest BCUT2D eigenvalue weighted by molar-refractivity contribution is -0.111. The standard InChI is InChI=1S/C23H21N3O3S/c1-16-6-13-19(14-7-16)30(29)23(28)25-18-11-8-17(9-12-18)10-15-22(27)26-21-5-3-2-4-20(21)24/h2-15H,24H2,1H3,(H,25,28)(H,26,27)/b15-10+. The number of para-hydroxylation sites is 2. The molecular weight excluding hydrogens is 398 g/mol. The van der Waals surface area contributed by atoms with Crippen molar-refractivity contribution < 1.29 is 13.8 Å². The van der Waals surface area contributed by atoms with Gasteiger partial charge in [0.05, 0.1) is 11.4 Å². The summed E-state index contributed by atoms with van der Waals surface area (Å²) in [6, 6.07) is 20.8. The first-order valence-electron chi connectivity index (χ1n) is 9.15. The van der Waals surface area contributed by atoms with Gasteiger partial charge in [0, 0.05) is 16.7 Å². The monoisotopic (exact) mass is 419 g/mol. The molecule has 0 aliphatic rings. The molecule has 1 unspecified atom stereocenters. The van der Waals surface area contributed by atoms with E-state index in [1.807, 2.05) is 19.1 Å². The van der Waals surface area contributed by atoms with Crippen molar-refractivity contribution >= 4 is 45.1 Å². The van der Waals surface area contributed by atoms with Crippen LogP contribution in [-0.4, -0.2) is 15.4 Å². The summed E-state index contributed by atoms with van der Waals surface area (Å²) in [4.78, 5) is 24.7. The van der Waals surface area contributed by atoms with Crippen LogP contribution in [0.1, 0.15) is 11.1 Å². The summed E-state index contributed by atoms with van der Waals surface area (Å²) in [5.74, 6) is -0.307. The van der Waals surface area contributed by atoms with Crippen LogP contribution in [0, 0.1) is 6.92 Å². The molecule has 0 aliphatic carbocycles. The minimum absolute atomic E-state index is 0.307. The maximum Gasteiger partial charge on any atom is 0.318 e. The molecule has 2 amide bonds. The average Bonchev–Trinajstić information content (AvgIpc) is 2.75. The second kappa shape index (κ2) is 9.67. The first-order valence-corrected chi connectivity index (χ1v) is 10.3. The van der Waals surface area contributed by atoms with Crippen LogP contribution in [-0.2, 0) is 15.6 Å². The van der Waals surface area contributed by atoms with E-state index in [1.165, 1.54) is 6.08 Å². The highest BCUT2D eigenvalue weighted by Gasteiger charge is 2.14. The van der Waals surface area contributed by atoms with E-state index in [9.17, 15) is 13.8 Å². The van der Waals surface area contributed by atoms with Gasteiger partial charge in [-0.05, 0) is 55.0 Å². The largest absolute Gasteiger partial charge is 0.397 e. The highest BCUT2D eigenvalue weighted by atomic mass is 32.2. The molecule has 0 aromatic heterocycles. The Kier molecular flexibility index (Phi) is 6.77. The van der Waals surface area contributed by atoms with Gasteiger partial charge in [0.25, 0.3) is 0 Å². The molecule has 4 N–H and O–H groups in total. The average molecular weight is 420 g/mol. The lowest BCUT2D eigenvalue weighted by atomic mass is 10.2. The lowest BCUT2D eigenvalue weighted by Crippen LogP contribution is -2.15. The van der Waals surface area contributed by atoms with Crippen LogP contribution in [0.4, 0.5) is 21.9 Å². The lowest BCUT2D eigenvalue weighted by Gasteiger charge is -2.06. The molecule has 0 radical (unpaired) electrons. The van der Waals surface area contributed by atoms with Crippen molar-refractivity contribution in [2.24, 2.45) is 0 Å². The summed E-state index contributed by atoms with van der Waals surface area (Å²) in [5.41, 5.74) is 9.15. The van der Waals surface area contributed by atoms with E-state index in [0.29, 0.717) is 22.0 Å². The molecule has 3 aromatic rings. The third-order valence-corrected chi connectivity index (χ3v) is 5.35. The molecule has 0 heterocycles. The van der Waals surface area contributed by atoms with Gasteiger partial charge in [0.1, 0.15) is 10.8 Å². The van der Waals surface area contributed by atoms with Crippen molar-refractivity contribution in [2.75, 3.05) is 16.4 Å². The summed E-state index contributed by atoms with van der Waals surface area (Å²) in [5, 5.41) is 4.74. The topological polar surface area (TPSA) is 101 Å². The molecule has 6 nitrogen and oxygen atoms in total. The fourth-order valence-corrected chi connectivity index (χ4v) is 3.38. The smallest absolute Gasteiger partial charge is 0.318 e. The number of carbonyl (C=O) groups is 2. The van der Waals surface area contributed by atoms with Crippen LogP contribution in [0.15, 0.2) is 83.8 Å². The van der Waals surface area contributed by atoms with Crippen LogP contribution in [0.25, 0.3) is 6.08 Å². The molecule has 1 atom stereocenters. The number of anilines is 3. The van der Waals surface area contributed by atoms with E-state index in [2.05, 4.69) is 10.6 Å². The molecule has 3 rings (SSSR count). The predicted octanol–water partition coefficient (Wildman–Crippen LogP) is 4.57. The second-order valence-electron chi connectivity index (χ2n) is 6.53. The summed E-state index contributed by atoms with van der Waals surface area (Å²) in [6.45, 7) is 1.92. The quantitative estimate of drug-likeness (QED) is 0.416. The zero-order chi connectivity index (χ0) is 21.5. The number of hydrogen-bond acceptors (Lipinski definition) is 4. The zero-order valence-electron chi connectivity index (χ0n) is 16.3. The molecule has 0 saturated carbocycles. The molecule has 152 valence electrons. The van der Waals surface area contributed by atoms with Crippen LogP contribution >= 0.6 is 0 Å². The normalized spacial score (nSPS) is 11.8. The van der Waals surface area contributed by atoms with Gasteiger partial charge in [-0.3, -0.25) is 9.59 Å². The number of nitrogen functional groups attached to an aromatic ring is 1. The van der Waals surface area contributed by atoms with E-state index in [4.69, 9.17) is 5.73 Å². The Bertz CT molecular complexity index is 1110. The molecule has 7 heteroatoms. The molecule has 0 aliphatic heterocycles. The van der Waals surface area contributed by atoms with E-state index in [0.717, 1.165) is 11.1 Å². The molecule has 0 bridgehead atoms. The van der Waals surface area contributed by atoms with Crippen LogP contribution < -0.4 is 16.4 Å². The third kappa shape index (κ3) is 5.65. The van der Waals surface area contributed by atoms with Gasteiger partial charge >= 0.3 is 5.24 Å². The van der Waals surface area contributed by atoms with Crippen molar-refractivity contribution in [3.63, 3.8) is 0 Å². The number of hydrogen-bond donors (Lipinski definition) is 3. The van der Waals surface area contributed by atoms with Gasteiger partial charge < -0.3 is 16.4 Å². The van der Waals surface area contributed by atoms with Crippen molar-refractivity contribution in [1.82, 2.24) is 0 Å². The highest BCUT2D eigenvalue weighted by Crippen LogP contribution is 2.17. The van der Waals surface area contributed by atoms with Gasteiger partial charge in [-0.25, -0.2) is 4.21 Å². The molecule has 3 aromatic carbocycles. The molecule has 0 saturated heterocycles. The van der Waals surface area contributed by atoms with Crippen molar-refractivity contribution in [1.29, 1.82) is 0 Å². The zero-order valence-corrected chi connectivity index (χ0v) is 17.1. The van der Waals surface area contributed by atoms with Gasteiger partial charge in [-0.2, -0.15) is 0 Å². The minimum Gasteiger partial charge on any atom is -0.397 e. The number of amides is 2. The molecular formula is C23H21N3O3S. The number of benzene rings is 3. The SMILES string of the molecule is Cc1ccc(S(=O)C(=O)Nc2ccc(/C=C/C(=O)Nc3ccccc3N)cc2)cc1. The van der Waals surface area contributed by atoms with E-state index in [-0.39, 0.29) is 5.91 Å². The molecule has 0 fully saturated rings. The third-order valence-electron chi connectivity index (χ3n) is 4.21. The van der Waals surface area contributed by atoms with Gasteiger partial charge in [-0.15, -0.1) is 0 Å². The Morgan fingerprint density at radius 3 is 2.23 bits per heavy atom. The van der Waals surface area contributed by atoms with Crippen LogP contribution in [0.3, 0.4) is 0 Å². The summed E-state index contributed by atoms with van der Waals surface area (Å²) >= 11 is 0. The van der Waals surface area contributed by atoms with Gasteiger partial charge in [0.15, 0.2) is 0 Å². The Labute approximate surface area is 177 Å². The number of rotatable bonds is 5. The Morgan fingerprint density at radius 1 is 0.900 bits per heavy atom. The number of carbonyl (C=O) groups excluding carboxylic acids is 2. The Balaban J connectivity index is 1.58. The summed E-state index contributed by atoms with van der Waals surface area (Å²) in [6.07, 6.45) is 3.04. The first kappa shape index (κ1) is 21.0. The first-order chi connectivity index (χ1) is 14.4. The minimum atomic E-state index is -1.80. The fourth-order valence-electron chi connectivity index (χ4n) is 2.57. The maximum absolute atomic E-state index is 12.3. The second-order valence-corrected chi connectivity index (χ2v) is 7.91. The predicted molar refractivity (Wildman–Crippen MR) is 122 cm³/mol. The molecule has 30 heavy (non-hydrogen) atoms. The molecule has 0 spiro atoms. The van der Waals surface area contributed by atoms with E-state index < -0.39 is 16.0 Å². The Hall–Kier alpha value is -3.71. The highest BCUT2D eigenvalue weighted by molar-refractivity contribution is 8.00. The van der Waals surface area contributed by atoms with Crippen molar-refractivity contribution in [3.05, 3.63) is 90.0 Å². The van der Waals surface area contributed by atoms with Gasteiger partial charge in [-0.1, -0.05) is 42.0 Å². The Morgan fingerprint density at radius 2 is 1.57 bits per heavy atom. The van der Waals surface area contributed by atoms with Crippen LogP contribution in [0.2, 0.25) is 0 Å². The van der Waals surface area contributed by atoms with Crippen LogP contribution in [0.5, 0.6) is 0 Å². The van der Waals surface area contributed by atoms with E-state index in [1.54, 1.807) is 66.7 Å². The summed E-state index contributed by atoms with van der Waals surface area (Å²) in [7, 11) is -1.80. The van der Waals surface area contributed by atoms with Gasteiger partial charge in [0.2, 0.25) is 5.91 Å². The number of aryl methyl sites for hydroxylation is 1. The number of nitrogens with two attached hydrogens (primary N) is 1.